The van der Waals surface area contributed by atoms with Crippen molar-refractivity contribution < 1.29 is 4.79 Å². The Morgan fingerprint density at radius 1 is 1.31 bits per heavy atom. The molecule has 0 heterocycles. The summed E-state index contributed by atoms with van der Waals surface area (Å²) in [5.74, 6) is 0.0990. The molecule has 0 radical (unpaired) electrons. The predicted molar refractivity (Wildman–Crippen MR) is 51.7 cm³/mol. The molecule has 3 nitrogen and oxygen atoms in total. The number of nitrogens with one attached hydrogen (secondary N) is 1. The second-order valence-corrected chi connectivity index (χ2v) is 2.79. The molecule has 68 valence electrons. The molecule has 13 heavy (non-hydrogen) atoms. The molecule has 0 saturated heterocycles. The second-order valence-electron chi connectivity index (χ2n) is 2.79. The number of hydrogen-bond donors (Lipinski definition) is 1. The van der Waals surface area contributed by atoms with Gasteiger partial charge in [-0.3, -0.25) is 10.2 Å². The van der Waals surface area contributed by atoms with E-state index >= 15 is 0 Å². The monoisotopic (exact) mass is 176 g/mol. The normalized spacial score (nSPS) is 9.38. The molecule has 0 aliphatic heterocycles. The molecule has 0 spiro atoms. The zero-order valence-electron chi connectivity index (χ0n) is 7.74. The van der Waals surface area contributed by atoms with E-state index in [0.29, 0.717) is 0 Å². The summed E-state index contributed by atoms with van der Waals surface area (Å²) in [6.45, 7) is 1.44. The Morgan fingerprint density at radius 3 is 2.31 bits per heavy atom. The molecule has 0 fully saturated rings. The molecular formula is C10H12N2O. The molecule has 1 amide bonds. The summed E-state index contributed by atoms with van der Waals surface area (Å²) in [4.78, 5) is 12.3. The molecule has 0 aliphatic rings. The number of benzene rings is 1. The number of nitrogens with zero attached hydrogens (tertiary/aromatic N) is 1. The van der Waals surface area contributed by atoms with Gasteiger partial charge in [0.05, 0.1) is 0 Å². The van der Waals surface area contributed by atoms with E-state index in [9.17, 15) is 4.79 Å². The lowest BCUT2D eigenvalue weighted by Gasteiger charge is -2.15. The van der Waals surface area contributed by atoms with E-state index in [4.69, 9.17) is 5.41 Å². The largest absolute Gasteiger partial charge is 0.300 e. The highest BCUT2D eigenvalue weighted by molar-refractivity contribution is 6.05. The fourth-order valence-corrected chi connectivity index (χ4v) is 0.947. The van der Waals surface area contributed by atoms with Crippen molar-refractivity contribution in [1.82, 2.24) is 4.90 Å². The first-order valence-electron chi connectivity index (χ1n) is 4.01. The number of hydrogen-bond acceptors (Lipinski definition) is 2. The Hall–Kier alpha value is -1.64. The van der Waals surface area contributed by atoms with E-state index in [0.717, 1.165) is 5.56 Å². The van der Waals surface area contributed by atoms with Gasteiger partial charge in [0.15, 0.2) is 0 Å². The third-order valence-electron chi connectivity index (χ3n) is 1.85. The van der Waals surface area contributed by atoms with Gasteiger partial charge in [-0.05, 0) is 0 Å². The minimum absolute atomic E-state index is 0.131. The van der Waals surface area contributed by atoms with Crippen LogP contribution in [-0.4, -0.2) is 23.7 Å². The van der Waals surface area contributed by atoms with Gasteiger partial charge in [0.2, 0.25) is 5.91 Å². The highest BCUT2D eigenvalue weighted by Crippen LogP contribution is 2.02. The summed E-state index contributed by atoms with van der Waals surface area (Å²) in [5.41, 5.74) is 0.750. The van der Waals surface area contributed by atoms with Gasteiger partial charge in [0.25, 0.3) is 0 Å². The van der Waals surface area contributed by atoms with Gasteiger partial charge >= 0.3 is 0 Å². The third-order valence-corrected chi connectivity index (χ3v) is 1.85. The maximum Gasteiger partial charge on any atom is 0.224 e. The van der Waals surface area contributed by atoms with Crippen molar-refractivity contribution in [2.45, 2.75) is 6.92 Å². The summed E-state index contributed by atoms with van der Waals surface area (Å²) in [6, 6.07) is 9.18. The summed E-state index contributed by atoms with van der Waals surface area (Å²) >= 11 is 0. The Kier molecular flexibility index (Phi) is 2.80. The number of amides is 1. The zero-order valence-corrected chi connectivity index (χ0v) is 7.74. The highest BCUT2D eigenvalue weighted by atomic mass is 16.2. The minimum atomic E-state index is -0.131. The second kappa shape index (κ2) is 3.85. The van der Waals surface area contributed by atoms with E-state index in [1.165, 1.54) is 11.8 Å². The molecule has 0 bridgehead atoms. The molecule has 0 aromatic heterocycles. The first-order chi connectivity index (χ1) is 6.13. The highest BCUT2D eigenvalue weighted by Gasteiger charge is 2.09. The summed E-state index contributed by atoms with van der Waals surface area (Å²) in [7, 11) is 1.59. The van der Waals surface area contributed by atoms with Crippen LogP contribution in [-0.2, 0) is 4.79 Å². The van der Waals surface area contributed by atoms with Gasteiger partial charge < -0.3 is 4.90 Å². The molecule has 0 saturated carbocycles. The van der Waals surface area contributed by atoms with Crippen molar-refractivity contribution in [3.8, 4) is 0 Å². The molecule has 0 unspecified atom stereocenters. The van der Waals surface area contributed by atoms with E-state index < -0.39 is 0 Å². The van der Waals surface area contributed by atoms with Crippen molar-refractivity contribution >= 4 is 11.7 Å². The molecule has 1 aromatic carbocycles. The molecule has 0 atom stereocenters. The Morgan fingerprint density at radius 2 is 1.85 bits per heavy atom. The third kappa shape index (κ3) is 2.15. The molecule has 1 aromatic rings. The first kappa shape index (κ1) is 9.45. The van der Waals surface area contributed by atoms with Crippen molar-refractivity contribution in [1.29, 1.82) is 5.41 Å². The van der Waals surface area contributed by atoms with Crippen LogP contribution >= 0.6 is 0 Å². The van der Waals surface area contributed by atoms with E-state index in [1.807, 2.05) is 30.3 Å². The van der Waals surface area contributed by atoms with Gasteiger partial charge in [-0.2, -0.15) is 0 Å². The fourth-order valence-electron chi connectivity index (χ4n) is 0.947. The lowest BCUT2D eigenvalue weighted by atomic mass is 10.2. The van der Waals surface area contributed by atoms with Gasteiger partial charge in [-0.25, -0.2) is 0 Å². The first-order valence-corrected chi connectivity index (χ1v) is 4.01. The van der Waals surface area contributed by atoms with Crippen molar-refractivity contribution in [2.24, 2.45) is 0 Å². The van der Waals surface area contributed by atoms with Crippen LogP contribution in [0.15, 0.2) is 30.3 Å². The molecular weight excluding hydrogens is 164 g/mol. The quantitative estimate of drug-likeness (QED) is 0.511. The smallest absolute Gasteiger partial charge is 0.224 e. The standard InChI is InChI=1S/C10H12N2O/c1-8(13)12(2)10(11)9-6-4-3-5-7-9/h3-7,11H,1-2H3. The van der Waals surface area contributed by atoms with Gasteiger partial charge in [-0.15, -0.1) is 0 Å². The number of amidine groups is 1. The van der Waals surface area contributed by atoms with Crippen LogP contribution in [0.3, 0.4) is 0 Å². The van der Waals surface area contributed by atoms with Crippen LogP contribution in [0.1, 0.15) is 12.5 Å². The topological polar surface area (TPSA) is 44.2 Å². The van der Waals surface area contributed by atoms with Crippen LogP contribution in [0.5, 0.6) is 0 Å². The van der Waals surface area contributed by atoms with Crippen LogP contribution < -0.4 is 0 Å². The average molecular weight is 176 g/mol. The minimum Gasteiger partial charge on any atom is -0.300 e. The van der Waals surface area contributed by atoms with E-state index in [1.54, 1.807) is 7.05 Å². The fraction of sp³-hybridized carbons (Fsp3) is 0.200. The van der Waals surface area contributed by atoms with Crippen molar-refractivity contribution in [3.63, 3.8) is 0 Å². The maximum absolute atomic E-state index is 10.9. The number of carbonyl (C=O) groups excluding carboxylic acids is 1. The number of carbonyl (C=O) groups is 1. The van der Waals surface area contributed by atoms with Crippen LogP contribution in [0.2, 0.25) is 0 Å². The summed E-state index contributed by atoms with van der Waals surface area (Å²) in [5, 5.41) is 7.67. The number of rotatable bonds is 1. The Bertz CT molecular complexity index is 319. The van der Waals surface area contributed by atoms with Gasteiger partial charge in [0, 0.05) is 19.5 Å². The Labute approximate surface area is 77.5 Å². The van der Waals surface area contributed by atoms with Crippen LogP contribution in [0.25, 0.3) is 0 Å². The lowest BCUT2D eigenvalue weighted by molar-refractivity contribution is -0.124. The molecule has 1 rings (SSSR count). The van der Waals surface area contributed by atoms with Crippen LogP contribution in [0.4, 0.5) is 0 Å². The average Bonchev–Trinajstić information content (AvgIpc) is 2.17. The van der Waals surface area contributed by atoms with E-state index in [-0.39, 0.29) is 11.7 Å². The molecule has 0 aliphatic carbocycles. The zero-order chi connectivity index (χ0) is 9.84. The predicted octanol–water partition coefficient (Wildman–Crippen LogP) is 1.49. The van der Waals surface area contributed by atoms with Gasteiger partial charge in [0.1, 0.15) is 5.84 Å². The van der Waals surface area contributed by atoms with Crippen molar-refractivity contribution in [3.05, 3.63) is 35.9 Å². The molecule has 3 heteroatoms. The summed E-state index contributed by atoms with van der Waals surface area (Å²) < 4.78 is 0. The maximum atomic E-state index is 10.9. The van der Waals surface area contributed by atoms with Crippen molar-refractivity contribution in [2.75, 3.05) is 7.05 Å². The summed E-state index contributed by atoms with van der Waals surface area (Å²) in [6.07, 6.45) is 0. The SMILES string of the molecule is CC(=O)N(C)C(=N)c1ccccc1. The Balaban J connectivity index is 2.86. The van der Waals surface area contributed by atoms with Gasteiger partial charge in [-0.1, -0.05) is 30.3 Å². The van der Waals surface area contributed by atoms with Crippen LogP contribution in [0, 0.1) is 5.41 Å². The lowest BCUT2D eigenvalue weighted by Crippen LogP contribution is -2.30. The van der Waals surface area contributed by atoms with E-state index in [2.05, 4.69) is 0 Å². The molecule has 1 N–H and O–H groups in total.